The van der Waals surface area contributed by atoms with Crippen molar-refractivity contribution >= 4 is 11.9 Å². The van der Waals surface area contributed by atoms with Crippen LogP contribution in [-0.4, -0.2) is 43.7 Å². The molecule has 1 heterocycles. The SMILES string of the molecule is CO[C@H]1C[C@H](OC(C)=O)[C@H](OC(C)=O)[C@H](C)O1. The molecule has 0 amide bonds. The van der Waals surface area contributed by atoms with Crippen LogP contribution in [0.4, 0.5) is 0 Å². The number of hydrogen-bond acceptors (Lipinski definition) is 6. The number of ether oxygens (including phenoxy) is 4. The fraction of sp³-hybridized carbons (Fsp3) is 0.818. The van der Waals surface area contributed by atoms with Crippen LogP contribution in [0, 0.1) is 0 Å². The zero-order valence-corrected chi connectivity index (χ0v) is 10.5. The molecule has 0 saturated carbocycles. The normalized spacial score (nSPS) is 32.9. The van der Waals surface area contributed by atoms with E-state index in [-0.39, 0.29) is 6.10 Å². The molecule has 17 heavy (non-hydrogen) atoms. The molecule has 1 aliphatic heterocycles. The van der Waals surface area contributed by atoms with Crippen LogP contribution in [0.15, 0.2) is 0 Å². The number of esters is 2. The Morgan fingerprint density at radius 1 is 1.18 bits per heavy atom. The van der Waals surface area contributed by atoms with Crippen molar-refractivity contribution in [3.63, 3.8) is 0 Å². The highest BCUT2D eigenvalue weighted by Crippen LogP contribution is 2.25. The van der Waals surface area contributed by atoms with E-state index in [1.165, 1.54) is 21.0 Å². The Kier molecular flexibility index (Phi) is 4.89. The number of rotatable bonds is 3. The highest BCUT2D eigenvalue weighted by molar-refractivity contribution is 5.67. The maximum atomic E-state index is 11.0. The van der Waals surface area contributed by atoms with Gasteiger partial charge < -0.3 is 18.9 Å². The lowest BCUT2D eigenvalue weighted by Crippen LogP contribution is -2.51. The van der Waals surface area contributed by atoms with E-state index in [4.69, 9.17) is 18.9 Å². The van der Waals surface area contributed by atoms with Gasteiger partial charge in [0.15, 0.2) is 12.4 Å². The Balaban J connectivity index is 2.74. The Hall–Kier alpha value is -1.14. The lowest BCUT2D eigenvalue weighted by molar-refractivity contribution is -0.248. The Labute approximate surface area is 100 Å². The molecule has 0 N–H and O–H groups in total. The van der Waals surface area contributed by atoms with Gasteiger partial charge in [0.2, 0.25) is 0 Å². The molecule has 6 heteroatoms. The molecule has 0 radical (unpaired) electrons. The first-order chi connectivity index (χ1) is 7.93. The fourth-order valence-corrected chi connectivity index (χ4v) is 1.84. The van der Waals surface area contributed by atoms with Gasteiger partial charge in [-0.1, -0.05) is 0 Å². The van der Waals surface area contributed by atoms with Crippen molar-refractivity contribution < 1.29 is 28.5 Å². The van der Waals surface area contributed by atoms with Crippen molar-refractivity contribution in [3.8, 4) is 0 Å². The average Bonchev–Trinajstić information content (AvgIpc) is 2.21. The summed E-state index contributed by atoms with van der Waals surface area (Å²) >= 11 is 0. The van der Waals surface area contributed by atoms with E-state index in [1.807, 2.05) is 0 Å². The predicted octanol–water partition coefficient (Wildman–Crippen LogP) is 0.631. The van der Waals surface area contributed by atoms with Crippen molar-refractivity contribution in [1.82, 2.24) is 0 Å². The van der Waals surface area contributed by atoms with E-state index < -0.39 is 30.4 Å². The molecule has 0 aliphatic carbocycles. The zero-order valence-electron chi connectivity index (χ0n) is 10.5. The van der Waals surface area contributed by atoms with Crippen LogP contribution in [0.1, 0.15) is 27.2 Å². The molecule has 1 fully saturated rings. The van der Waals surface area contributed by atoms with Gasteiger partial charge in [0.05, 0.1) is 6.10 Å². The Bertz CT molecular complexity index is 290. The van der Waals surface area contributed by atoms with E-state index in [9.17, 15) is 9.59 Å². The molecular weight excluding hydrogens is 228 g/mol. The summed E-state index contributed by atoms with van der Waals surface area (Å²) in [5, 5.41) is 0. The van der Waals surface area contributed by atoms with E-state index in [1.54, 1.807) is 6.92 Å². The van der Waals surface area contributed by atoms with Crippen LogP contribution in [0.5, 0.6) is 0 Å². The van der Waals surface area contributed by atoms with Gasteiger partial charge in [0.25, 0.3) is 0 Å². The molecule has 0 unspecified atom stereocenters. The van der Waals surface area contributed by atoms with Gasteiger partial charge in [-0.25, -0.2) is 0 Å². The number of methoxy groups -OCH3 is 1. The second-order valence-corrected chi connectivity index (χ2v) is 3.96. The smallest absolute Gasteiger partial charge is 0.303 e. The van der Waals surface area contributed by atoms with Crippen molar-refractivity contribution in [2.45, 2.75) is 51.8 Å². The van der Waals surface area contributed by atoms with Gasteiger partial charge >= 0.3 is 11.9 Å². The number of carbonyl (C=O) groups is 2. The summed E-state index contributed by atoms with van der Waals surface area (Å²) in [5.74, 6) is -0.852. The van der Waals surface area contributed by atoms with E-state index in [0.717, 1.165) is 0 Å². The molecular formula is C11H18O6. The first-order valence-electron chi connectivity index (χ1n) is 5.46. The van der Waals surface area contributed by atoms with Gasteiger partial charge in [0, 0.05) is 27.4 Å². The molecule has 1 rings (SSSR count). The molecule has 0 aromatic heterocycles. The average molecular weight is 246 g/mol. The highest BCUT2D eigenvalue weighted by Gasteiger charge is 2.40. The zero-order chi connectivity index (χ0) is 13.0. The van der Waals surface area contributed by atoms with Crippen LogP contribution >= 0.6 is 0 Å². The molecule has 0 aromatic carbocycles. The molecule has 0 aromatic rings. The molecule has 98 valence electrons. The fourth-order valence-electron chi connectivity index (χ4n) is 1.84. The molecule has 0 bridgehead atoms. The summed E-state index contributed by atoms with van der Waals surface area (Å²) < 4.78 is 20.8. The van der Waals surface area contributed by atoms with Crippen LogP contribution in [-0.2, 0) is 28.5 Å². The third-order valence-electron chi connectivity index (χ3n) is 2.50. The second-order valence-electron chi connectivity index (χ2n) is 3.96. The maximum absolute atomic E-state index is 11.0. The second kappa shape index (κ2) is 5.97. The highest BCUT2D eigenvalue weighted by atomic mass is 16.7. The molecule has 1 saturated heterocycles. The minimum absolute atomic E-state index is 0.346. The summed E-state index contributed by atoms with van der Waals surface area (Å²) in [5.41, 5.74) is 0. The lowest BCUT2D eigenvalue weighted by atomic mass is 10.0. The Morgan fingerprint density at radius 3 is 2.24 bits per heavy atom. The number of hydrogen-bond donors (Lipinski definition) is 0. The maximum Gasteiger partial charge on any atom is 0.303 e. The van der Waals surface area contributed by atoms with Crippen LogP contribution in [0.25, 0.3) is 0 Å². The van der Waals surface area contributed by atoms with E-state index in [0.29, 0.717) is 6.42 Å². The van der Waals surface area contributed by atoms with Gasteiger partial charge in [0.1, 0.15) is 6.10 Å². The first-order valence-corrected chi connectivity index (χ1v) is 5.46. The van der Waals surface area contributed by atoms with Crippen LogP contribution in [0.3, 0.4) is 0 Å². The summed E-state index contributed by atoms with van der Waals surface area (Å²) in [7, 11) is 1.51. The molecule has 4 atom stereocenters. The standard InChI is InChI=1S/C11H18O6/c1-6-11(17-8(3)13)9(16-7(2)12)5-10(14-4)15-6/h6,9-11H,5H2,1-4H3/t6-,9-,10+,11+/m0/s1. The quantitative estimate of drug-likeness (QED) is 0.680. The number of carbonyl (C=O) groups excluding carboxylic acids is 2. The van der Waals surface area contributed by atoms with Gasteiger partial charge in [-0.05, 0) is 6.92 Å². The van der Waals surface area contributed by atoms with Crippen LogP contribution < -0.4 is 0 Å². The minimum Gasteiger partial charge on any atom is -0.458 e. The van der Waals surface area contributed by atoms with Gasteiger partial charge in [-0.2, -0.15) is 0 Å². The Morgan fingerprint density at radius 2 is 1.76 bits per heavy atom. The minimum atomic E-state index is -0.595. The first kappa shape index (κ1) is 13.9. The van der Waals surface area contributed by atoms with E-state index in [2.05, 4.69) is 0 Å². The van der Waals surface area contributed by atoms with Crippen molar-refractivity contribution in [3.05, 3.63) is 0 Å². The summed E-state index contributed by atoms with van der Waals surface area (Å²) in [6.45, 7) is 4.36. The molecule has 0 spiro atoms. The van der Waals surface area contributed by atoms with Crippen molar-refractivity contribution in [2.75, 3.05) is 7.11 Å². The monoisotopic (exact) mass is 246 g/mol. The third kappa shape index (κ3) is 3.98. The third-order valence-corrected chi connectivity index (χ3v) is 2.50. The predicted molar refractivity (Wildman–Crippen MR) is 57.1 cm³/mol. The lowest BCUT2D eigenvalue weighted by Gasteiger charge is -2.38. The summed E-state index contributed by atoms with van der Waals surface area (Å²) in [6.07, 6.45) is -1.63. The summed E-state index contributed by atoms with van der Waals surface area (Å²) in [6, 6.07) is 0. The van der Waals surface area contributed by atoms with Crippen LogP contribution in [0.2, 0.25) is 0 Å². The van der Waals surface area contributed by atoms with Gasteiger partial charge in [-0.15, -0.1) is 0 Å². The summed E-state index contributed by atoms with van der Waals surface area (Å²) in [4.78, 5) is 22.0. The molecule has 6 nitrogen and oxygen atoms in total. The van der Waals surface area contributed by atoms with Gasteiger partial charge in [-0.3, -0.25) is 9.59 Å². The van der Waals surface area contributed by atoms with E-state index >= 15 is 0 Å². The topological polar surface area (TPSA) is 71.1 Å². The van der Waals surface area contributed by atoms with Crippen molar-refractivity contribution in [1.29, 1.82) is 0 Å². The largest absolute Gasteiger partial charge is 0.458 e. The molecule has 1 aliphatic rings. The van der Waals surface area contributed by atoms with Crippen molar-refractivity contribution in [2.24, 2.45) is 0 Å².